The van der Waals surface area contributed by atoms with Gasteiger partial charge in [-0.1, -0.05) is 40.2 Å². The fourth-order valence-electron chi connectivity index (χ4n) is 1.85. The number of hydrogen-bond donors (Lipinski definition) is 0. The molecule has 0 amide bonds. The maximum atomic E-state index is 11.5. The van der Waals surface area contributed by atoms with E-state index < -0.39 is 0 Å². The van der Waals surface area contributed by atoms with Crippen molar-refractivity contribution in [3.8, 4) is 0 Å². The zero-order valence-electron chi connectivity index (χ0n) is 10.6. The molecule has 88 valence electrons. The normalized spacial score (nSPS) is 11.2. The summed E-state index contributed by atoms with van der Waals surface area (Å²) >= 11 is 0. The van der Waals surface area contributed by atoms with E-state index >= 15 is 0 Å². The van der Waals surface area contributed by atoms with Crippen LogP contribution < -0.4 is 0 Å². The van der Waals surface area contributed by atoms with Gasteiger partial charge in [-0.15, -0.1) is 0 Å². The number of carbonyl (C=O) groups is 1. The molecule has 0 radical (unpaired) electrons. The van der Waals surface area contributed by atoms with Gasteiger partial charge in [0.25, 0.3) is 0 Å². The van der Waals surface area contributed by atoms with Crippen molar-refractivity contribution in [1.29, 1.82) is 0 Å². The Labute approximate surface area is 93.7 Å². The average Bonchev–Trinajstić information content (AvgIpc) is 2.18. The van der Waals surface area contributed by atoms with Crippen LogP contribution in [0.5, 0.6) is 0 Å². The van der Waals surface area contributed by atoms with Crippen LogP contribution in [0, 0.1) is 0 Å². The van der Waals surface area contributed by atoms with Gasteiger partial charge < -0.3 is 4.74 Å². The predicted molar refractivity (Wildman–Crippen MR) is 63.7 cm³/mol. The third-order valence-electron chi connectivity index (χ3n) is 2.71. The highest BCUT2D eigenvalue weighted by Gasteiger charge is 2.30. The minimum Gasteiger partial charge on any atom is -0.456 e. The minimum atomic E-state index is -0.264. The summed E-state index contributed by atoms with van der Waals surface area (Å²) in [7, 11) is 0. The van der Waals surface area contributed by atoms with Crippen molar-refractivity contribution in [2.45, 2.75) is 65.4 Å². The highest BCUT2D eigenvalue weighted by Crippen LogP contribution is 2.28. The smallest absolute Gasteiger partial charge is 0.333 e. The lowest BCUT2D eigenvalue weighted by Crippen LogP contribution is -2.34. The molecule has 0 unspecified atom stereocenters. The van der Waals surface area contributed by atoms with E-state index in [2.05, 4.69) is 27.4 Å². The van der Waals surface area contributed by atoms with Crippen molar-refractivity contribution < 1.29 is 9.53 Å². The minimum absolute atomic E-state index is 0.251. The number of ether oxygens (including phenoxy) is 1. The molecular weight excluding hydrogens is 188 g/mol. The molecule has 2 nitrogen and oxygen atoms in total. The summed E-state index contributed by atoms with van der Waals surface area (Å²) < 4.78 is 5.59. The number of carbonyl (C=O) groups excluding carboxylic acids is 1. The molecule has 15 heavy (non-hydrogen) atoms. The Balaban J connectivity index is 4.59. The molecule has 0 atom stereocenters. The topological polar surface area (TPSA) is 26.3 Å². The second-order valence-corrected chi connectivity index (χ2v) is 4.21. The predicted octanol–water partition coefficient (Wildman–Crippen LogP) is 3.85. The molecule has 0 saturated heterocycles. The molecule has 0 fully saturated rings. The molecule has 0 aliphatic heterocycles. The molecule has 0 bridgehead atoms. The van der Waals surface area contributed by atoms with Crippen molar-refractivity contribution in [2.24, 2.45) is 0 Å². The first-order chi connectivity index (χ1) is 7.01. The maximum absolute atomic E-state index is 11.5. The van der Waals surface area contributed by atoms with Crippen LogP contribution in [0.1, 0.15) is 59.8 Å². The van der Waals surface area contributed by atoms with Crippen LogP contribution in [0.2, 0.25) is 0 Å². The first-order valence-corrected chi connectivity index (χ1v) is 5.90. The van der Waals surface area contributed by atoms with Crippen molar-refractivity contribution in [1.82, 2.24) is 0 Å². The van der Waals surface area contributed by atoms with Crippen LogP contribution in [-0.4, -0.2) is 11.6 Å². The molecule has 0 aliphatic rings. The summed E-state index contributed by atoms with van der Waals surface area (Å²) in [5, 5.41) is 0. The molecule has 0 saturated carbocycles. The lowest BCUT2D eigenvalue weighted by atomic mass is 9.89. The number of rotatable bonds is 7. The van der Waals surface area contributed by atoms with Gasteiger partial charge >= 0.3 is 5.97 Å². The van der Waals surface area contributed by atoms with E-state index in [1.807, 2.05) is 0 Å². The van der Waals surface area contributed by atoms with Crippen LogP contribution in [0.4, 0.5) is 0 Å². The first kappa shape index (κ1) is 14.2. The van der Waals surface area contributed by atoms with Gasteiger partial charge in [0.05, 0.1) is 0 Å². The lowest BCUT2D eigenvalue weighted by molar-refractivity contribution is -0.157. The summed E-state index contributed by atoms with van der Waals surface area (Å²) in [5.74, 6) is -0.251. The maximum Gasteiger partial charge on any atom is 0.333 e. The fraction of sp³-hybridized carbons (Fsp3) is 0.769. The van der Waals surface area contributed by atoms with E-state index in [9.17, 15) is 4.79 Å². The van der Waals surface area contributed by atoms with Gasteiger partial charge in [0.1, 0.15) is 5.60 Å². The van der Waals surface area contributed by atoms with Gasteiger partial charge in [-0.05, 0) is 26.2 Å². The van der Waals surface area contributed by atoms with Crippen molar-refractivity contribution in [2.75, 3.05) is 0 Å². The van der Waals surface area contributed by atoms with E-state index in [1.54, 1.807) is 6.92 Å². The Morgan fingerprint density at radius 2 is 1.67 bits per heavy atom. The Morgan fingerprint density at radius 1 is 1.20 bits per heavy atom. The summed E-state index contributed by atoms with van der Waals surface area (Å²) in [4.78, 5) is 11.5. The molecule has 2 heteroatoms. The van der Waals surface area contributed by atoms with E-state index in [1.165, 1.54) is 0 Å². The highest BCUT2D eigenvalue weighted by molar-refractivity contribution is 5.87. The molecule has 0 aromatic heterocycles. The third-order valence-corrected chi connectivity index (χ3v) is 2.71. The molecule has 0 aromatic rings. The Hall–Kier alpha value is -0.790. The monoisotopic (exact) mass is 212 g/mol. The Kier molecular flexibility index (Phi) is 6.30. The van der Waals surface area contributed by atoms with Crippen molar-refractivity contribution in [3.05, 3.63) is 12.2 Å². The molecule has 0 rings (SSSR count). The summed E-state index contributed by atoms with van der Waals surface area (Å²) in [6.07, 6.45) is 4.84. The lowest BCUT2D eigenvalue weighted by Gasteiger charge is -2.32. The molecule has 0 aliphatic carbocycles. The Morgan fingerprint density at radius 3 is 1.93 bits per heavy atom. The summed E-state index contributed by atoms with van der Waals surface area (Å²) in [5.41, 5.74) is 0.222. The van der Waals surface area contributed by atoms with Crippen molar-refractivity contribution in [3.63, 3.8) is 0 Å². The van der Waals surface area contributed by atoms with Gasteiger partial charge in [-0.25, -0.2) is 4.79 Å². The van der Waals surface area contributed by atoms with Gasteiger partial charge in [0, 0.05) is 5.57 Å². The largest absolute Gasteiger partial charge is 0.456 e. The average molecular weight is 212 g/mol. The van der Waals surface area contributed by atoms with Crippen LogP contribution in [0.3, 0.4) is 0 Å². The van der Waals surface area contributed by atoms with Crippen LogP contribution in [-0.2, 0) is 9.53 Å². The molecule has 0 heterocycles. The molecular formula is C13H24O2. The SMILES string of the molecule is C=C(C)C(=O)OC(CC)(CCC)CCC. The second kappa shape index (κ2) is 6.65. The highest BCUT2D eigenvalue weighted by atomic mass is 16.6. The first-order valence-electron chi connectivity index (χ1n) is 5.90. The molecule has 0 N–H and O–H groups in total. The van der Waals surface area contributed by atoms with E-state index in [-0.39, 0.29) is 11.6 Å². The van der Waals surface area contributed by atoms with Gasteiger partial charge in [0.15, 0.2) is 0 Å². The summed E-state index contributed by atoms with van der Waals surface area (Å²) in [6.45, 7) is 11.6. The summed E-state index contributed by atoms with van der Waals surface area (Å²) in [6, 6.07) is 0. The number of hydrogen-bond acceptors (Lipinski definition) is 2. The fourth-order valence-corrected chi connectivity index (χ4v) is 1.85. The van der Waals surface area contributed by atoms with E-state index in [4.69, 9.17) is 4.74 Å². The second-order valence-electron chi connectivity index (χ2n) is 4.21. The van der Waals surface area contributed by atoms with E-state index in [0.717, 1.165) is 32.1 Å². The van der Waals surface area contributed by atoms with Crippen LogP contribution >= 0.6 is 0 Å². The third kappa shape index (κ3) is 4.50. The van der Waals surface area contributed by atoms with Crippen molar-refractivity contribution >= 4 is 5.97 Å². The Bertz CT molecular complexity index is 213. The van der Waals surface area contributed by atoms with Crippen LogP contribution in [0.25, 0.3) is 0 Å². The quantitative estimate of drug-likeness (QED) is 0.473. The number of esters is 1. The molecule has 0 spiro atoms. The van der Waals surface area contributed by atoms with Crippen LogP contribution in [0.15, 0.2) is 12.2 Å². The van der Waals surface area contributed by atoms with Gasteiger partial charge in [-0.3, -0.25) is 0 Å². The molecule has 0 aromatic carbocycles. The zero-order chi connectivity index (χ0) is 11.9. The zero-order valence-corrected chi connectivity index (χ0v) is 10.6. The van der Waals surface area contributed by atoms with E-state index in [0.29, 0.717) is 5.57 Å². The van der Waals surface area contributed by atoms with Gasteiger partial charge in [0.2, 0.25) is 0 Å². The van der Waals surface area contributed by atoms with Gasteiger partial charge in [-0.2, -0.15) is 0 Å². The standard InChI is InChI=1S/C13H24O2/c1-6-9-13(8-3,10-7-2)15-12(14)11(4)5/h4,6-10H2,1-3,5H3.